The van der Waals surface area contributed by atoms with Crippen LogP contribution >= 0.6 is 11.6 Å². The molecule has 0 bridgehead atoms. The van der Waals surface area contributed by atoms with Crippen LogP contribution in [0, 0.1) is 0 Å². The molecule has 0 radical (unpaired) electrons. The van der Waals surface area contributed by atoms with E-state index in [2.05, 4.69) is 0 Å². The Bertz CT molecular complexity index is 561. The third-order valence-electron chi connectivity index (χ3n) is 2.84. The van der Waals surface area contributed by atoms with Crippen LogP contribution in [-0.2, 0) is 0 Å². The zero-order chi connectivity index (χ0) is 13.1. The molecule has 0 N–H and O–H groups in total. The van der Waals surface area contributed by atoms with Gasteiger partial charge >= 0.3 is 0 Å². The molecule has 2 nitrogen and oxygen atoms in total. The Morgan fingerprint density at radius 2 is 1.72 bits per heavy atom. The van der Waals surface area contributed by atoms with E-state index < -0.39 is 0 Å². The van der Waals surface area contributed by atoms with Crippen LogP contribution in [0.4, 0.5) is 5.69 Å². The highest BCUT2D eigenvalue weighted by Crippen LogP contribution is 2.27. The van der Waals surface area contributed by atoms with Gasteiger partial charge in [0.15, 0.2) is 6.29 Å². The Kier molecular flexibility index (Phi) is 3.68. The summed E-state index contributed by atoms with van der Waals surface area (Å²) in [6, 6.07) is 13.3. The second kappa shape index (κ2) is 5.23. The summed E-state index contributed by atoms with van der Waals surface area (Å²) in [5, 5.41) is 0.632. The highest BCUT2D eigenvalue weighted by molar-refractivity contribution is 6.31. The van der Waals surface area contributed by atoms with Gasteiger partial charge in [0.05, 0.1) is 0 Å². The molecule has 0 heterocycles. The van der Waals surface area contributed by atoms with E-state index >= 15 is 0 Å². The van der Waals surface area contributed by atoms with E-state index in [0.29, 0.717) is 10.6 Å². The van der Waals surface area contributed by atoms with Crippen molar-refractivity contribution < 1.29 is 4.79 Å². The van der Waals surface area contributed by atoms with Crippen molar-refractivity contribution in [3.8, 4) is 11.1 Å². The Morgan fingerprint density at radius 1 is 1.06 bits per heavy atom. The van der Waals surface area contributed by atoms with Crippen molar-refractivity contribution in [3.05, 3.63) is 53.1 Å². The monoisotopic (exact) mass is 259 g/mol. The van der Waals surface area contributed by atoms with Gasteiger partial charge in [0.1, 0.15) is 0 Å². The molecule has 0 aliphatic heterocycles. The molecular formula is C15H14ClNO. The first-order valence-electron chi connectivity index (χ1n) is 5.64. The Balaban J connectivity index is 2.48. The van der Waals surface area contributed by atoms with Crippen molar-refractivity contribution >= 4 is 23.6 Å². The van der Waals surface area contributed by atoms with Crippen molar-refractivity contribution in [3.63, 3.8) is 0 Å². The minimum atomic E-state index is 0.632. The molecule has 92 valence electrons. The van der Waals surface area contributed by atoms with Gasteiger partial charge in [0, 0.05) is 30.4 Å². The number of benzene rings is 2. The molecule has 0 fully saturated rings. The number of rotatable bonds is 3. The summed E-state index contributed by atoms with van der Waals surface area (Å²) in [5.74, 6) is 0. The van der Waals surface area contributed by atoms with Crippen LogP contribution in [0.3, 0.4) is 0 Å². The lowest BCUT2D eigenvalue weighted by atomic mass is 10.0. The maximum Gasteiger partial charge on any atom is 0.150 e. The predicted octanol–water partition coefficient (Wildman–Crippen LogP) is 3.89. The molecule has 0 aliphatic carbocycles. The fraction of sp³-hybridized carbons (Fsp3) is 0.133. The first kappa shape index (κ1) is 12.7. The van der Waals surface area contributed by atoms with Gasteiger partial charge < -0.3 is 4.90 Å². The normalized spacial score (nSPS) is 10.2. The largest absolute Gasteiger partial charge is 0.378 e. The Labute approximate surface area is 112 Å². The summed E-state index contributed by atoms with van der Waals surface area (Å²) in [6.07, 6.45) is 0.853. The van der Waals surface area contributed by atoms with Crippen molar-refractivity contribution in [2.45, 2.75) is 0 Å². The highest BCUT2D eigenvalue weighted by atomic mass is 35.5. The van der Waals surface area contributed by atoms with Crippen molar-refractivity contribution in [1.82, 2.24) is 0 Å². The number of aldehydes is 1. The molecular weight excluding hydrogens is 246 g/mol. The van der Waals surface area contributed by atoms with E-state index in [1.165, 1.54) is 0 Å². The summed E-state index contributed by atoms with van der Waals surface area (Å²) in [6.45, 7) is 0. The summed E-state index contributed by atoms with van der Waals surface area (Å²) in [4.78, 5) is 13.1. The van der Waals surface area contributed by atoms with Gasteiger partial charge in [-0.2, -0.15) is 0 Å². The van der Waals surface area contributed by atoms with Crippen LogP contribution in [0.1, 0.15) is 10.4 Å². The van der Waals surface area contributed by atoms with Crippen molar-refractivity contribution in [1.29, 1.82) is 0 Å². The molecule has 2 rings (SSSR count). The van der Waals surface area contributed by atoms with Crippen LogP contribution in [0.2, 0.25) is 5.02 Å². The molecule has 0 saturated carbocycles. The minimum absolute atomic E-state index is 0.632. The lowest BCUT2D eigenvalue weighted by Gasteiger charge is -2.13. The maximum atomic E-state index is 11.0. The summed E-state index contributed by atoms with van der Waals surface area (Å²) in [7, 11) is 3.98. The van der Waals surface area contributed by atoms with E-state index in [1.807, 2.05) is 49.3 Å². The number of hydrogen-bond acceptors (Lipinski definition) is 2. The van der Waals surface area contributed by atoms with E-state index in [0.717, 1.165) is 23.1 Å². The Morgan fingerprint density at radius 3 is 2.28 bits per heavy atom. The van der Waals surface area contributed by atoms with E-state index in [4.69, 9.17) is 11.6 Å². The van der Waals surface area contributed by atoms with Gasteiger partial charge in [-0.25, -0.2) is 0 Å². The molecule has 0 unspecified atom stereocenters. The third-order valence-corrected chi connectivity index (χ3v) is 3.07. The SMILES string of the molecule is CN(C)c1ccc(-c2cc(Cl)ccc2C=O)cc1. The number of hydrogen-bond donors (Lipinski definition) is 0. The predicted molar refractivity (Wildman–Crippen MR) is 76.6 cm³/mol. The van der Waals surface area contributed by atoms with E-state index in [9.17, 15) is 4.79 Å². The summed E-state index contributed by atoms with van der Waals surface area (Å²) < 4.78 is 0. The lowest BCUT2D eigenvalue weighted by Crippen LogP contribution is -2.07. The highest BCUT2D eigenvalue weighted by Gasteiger charge is 2.06. The van der Waals surface area contributed by atoms with Crippen molar-refractivity contribution in [2.24, 2.45) is 0 Å². The van der Waals surface area contributed by atoms with Gasteiger partial charge in [-0.3, -0.25) is 4.79 Å². The van der Waals surface area contributed by atoms with Gasteiger partial charge in [0.25, 0.3) is 0 Å². The fourth-order valence-electron chi connectivity index (χ4n) is 1.82. The average molecular weight is 260 g/mol. The molecule has 3 heteroatoms. The minimum Gasteiger partial charge on any atom is -0.378 e. The fourth-order valence-corrected chi connectivity index (χ4v) is 1.99. The first-order chi connectivity index (χ1) is 8.61. The molecule has 0 spiro atoms. The smallest absolute Gasteiger partial charge is 0.150 e. The van der Waals surface area contributed by atoms with Gasteiger partial charge in [-0.15, -0.1) is 0 Å². The van der Waals surface area contributed by atoms with Crippen LogP contribution in [0.15, 0.2) is 42.5 Å². The molecule has 2 aromatic carbocycles. The lowest BCUT2D eigenvalue weighted by molar-refractivity contribution is 0.112. The molecule has 0 amide bonds. The molecule has 2 aromatic rings. The number of anilines is 1. The molecule has 0 aliphatic rings. The number of carbonyl (C=O) groups excluding carboxylic acids is 1. The van der Waals surface area contributed by atoms with Crippen molar-refractivity contribution in [2.75, 3.05) is 19.0 Å². The van der Waals surface area contributed by atoms with Crippen LogP contribution in [0.5, 0.6) is 0 Å². The molecule has 0 atom stereocenters. The summed E-state index contributed by atoms with van der Waals surface area (Å²) >= 11 is 5.98. The average Bonchev–Trinajstić information content (AvgIpc) is 2.39. The Hall–Kier alpha value is -1.80. The van der Waals surface area contributed by atoms with E-state index in [-0.39, 0.29) is 0 Å². The number of carbonyl (C=O) groups is 1. The standard InChI is InChI=1S/C15H14ClNO/c1-17(2)14-7-4-11(5-8-14)15-9-13(16)6-3-12(15)10-18/h3-10H,1-2H3. The van der Waals surface area contributed by atoms with Gasteiger partial charge in [-0.05, 0) is 41.5 Å². The molecule has 0 saturated heterocycles. The van der Waals surface area contributed by atoms with Crippen LogP contribution < -0.4 is 4.90 Å². The number of nitrogens with zero attached hydrogens (tertiary/aromatic N) is 1. The number of halogens is 1. The van der Waals surface area contributed by atoms with Crippen LogP contribution in [0.25, 0.3) is 11.1 Å². The second-order valence-corrected chi connectivity index (χ2v) is 4.73. The topological polar surface area (TPSA) is 20.3 Å². The van der Waals surface area contributed by atoms with Crippen LogP contribution in [-0.4, -0.2) is 20.4 Å². The quantitative estimate of drug-likeness (QED) is 0.780. The zero-order valence-electron chi connectivity index (χ0n) is 10.4. The zero-order valence-corrected chi connectivity index (χ0v) is 11.1. The molecule has 0 aromatic heterocycles. The van der Waals surface area contributed by atoms with E-state index in [1.54, 1.807) is 12.1 Å². The molecule has 18 heavy (non-hydrogen) atoms. The third kappa shape index (κ3) is 2.54. The first-order valence-corrected chi connectivity index (χ1v) is 6.02. The maximum absolute atomic E-state index is 11.0. The second-order valence-electron chi connectivity index (χ2n) is 4.29. The van der Waals surface area contributed by atoms with Gasteiger partial charge in [-0.1, -0.05) is 23.7 Å². The summed E-state index contributed by atoms with van der Waals surface area (Å²) in [5.41, 5.74) is 3.62. The van der Waals surface area contributed by atoms with Gasteiger partial charge in [0.2, 0.25) is 0 Å².